The molecule has 1 amide bonds. The van der Waals surface area contributed by atoms with Crippen LogP contribution < -0.4 is 5.32 Å². The first-order valence-electron chi connectivity index (χ1n) is 8.73. The van der Waals surface area contributed by atoms with E-state index in [0.29, 0.717) is 11.5 Å². The van der Waals surface area contributed by atoms with E-state index in [2.05, 4.69) is 22.4 Å². The first kappa shape index (κ1) is 17.0. The van der Waals surface area contributed by atoms with Gasteiger partial charge in [-0.05, 0) is 72.5 Å². The smallest absolute Gasteiger partial charge is 0.322 e. The van der Waals surface area contributed by atoms with Crippen LogP contribution in [-0.4, -0.2) is 16.1 Å². The molecule has 0 saturated heterocycles. The highest BCUT2D eigenvalue weighted by Gasteiger charge is 2.14. The van der Waals surface area contributed by atoms with Crippen molar-refractivity contribution in [2.24, 2.45) is 0 Å². The van der Waals surface area contributed by atoms with Gasteiger partial charge in [0, 0.05) is 11.1 Å². The molecule has 0 radical (unpaired) electrons. The number of amides is 1. The van der Waals surface area contributed by atoms with Gasteiger partial charge in [0.1, 0.15) is 0 Å². The third-order valence-electron chi connectivity index (χ3n) is 4.83. The van der Waals surface area contributed by atoms with Gasteiger partial charge in [0.05, 0.1) is 0 Å². The second kappa shape index (κ2) is 6.68. The number of nitrogens with zero attached hydrogens (tertiary/aromatic N) is 2. The maximum Gasteiger partial charge on any atom is 0.322 e. The van der Waals surface area contributed by atoms with Crippen LogP contribution in [0.1, 0.15) is 27.0 Å². The minimum atomic E-state index is -0.285. The molecule has 5 nitrogen and oxygen atoms in total. The SMILES string of the molecule is Cc1cc(-c2nnc(NC(=O)c3ccc4ccccc4c3)o2)cc(C)c1C. The first-order valence-corrected chi connectivity index (χ1v) is 8.73. The number of hydrogen-bond donors (Lipinski definition) is 1. The normalized spacial score (nSPS) is 10.9. The van der Waals surface area contributed by atoms with Crippen LogP contribution in [-0.2, 0) is 0 Å². The average molecular weight is 357 g/mol. The molecule has 0 aliphatic heterocycles. The molecule has 3 aromatic carbocycles. The van der Waals surface area contributed by atoms with Crippen LogP contribution >= 0.6 is 0 Å². The molecule has 1 N–H and O–H groups in total. The number of hydrogen-bond acceptors (Lipinski definition) is 4. The summed E-state index contributed by atoms with van der Waals surface area (Å²) in [5.74, 6) is 0.0993. The van der Waals surface area contributed by atoms with Crippen LogP contribution in [0.4, 0.5) is 6.01 Å². The summed E-state index contributed by atoms with van der Waals surface area (Å²) in [6, 6.07) is 17.5. The predicted molar refractivity (Wildman–Crippen MR) is 106 cm³/mol. The summed E-state index contributed by atoms with van der Waals surface area (Å²) < 4.78 is 5.65. The van der Waals surface area contributed by atoms with Crippen molar-refractivity contribution in [3.05, 3.63) is 76.9 Å². The van der Waals surface area contributed by atoms with Crippen LogP contribution in [0, 0.1) is 20.8 Å². The fourth-order valence-electron chi connectivity index (χ4n) is 3.05. The van der Waals surface area contributed by atoms with E-state index in [1.807, 2.05) is 62.4 Å². The third kappa shape index (κ3) is 3.31. The van der Waals surface area contributed by atoms with E-state index in [1.165, 1.54) is 5.56 Å². The number of fused-ring (bicyclic) bond motifs is 1. The molecule has 0 spiro atoms. The van der Waals surface area contributed by atoms with Crippen molar-refractivity contribution in [1.29, 1.82) is 0 Å². The molecule has 0 aliphatic rings. The van der Waals surface area contributed by atoms with Gasteiger partial charge in [0.15, 0.2) is 0 Å². The van der Waals surface area contributed by atoms with E-state index in [1.54, 1.807) is 6.07 Å². The van der Waals surface area contributed by atoms with Crippen LogP contribution in [0.15, 0.2) is 59.0 Å². The quantitative estimate of drug-likeness (QED) is 0.556. The number of rotatable bonds is 3. The standard InChI is InChI=1S/C22H19N3O2/c1-13-10-19(11-14(2)15(13)3)21-24-25-22(27-21)23-20(26)18-9-8-16-6-4-5-7-17(16)12-18/h4-12H,1-3H3,(H,23,25,26). The Morgan fingerprint density at radius 1 is 0.889 bits per heavy atom. The fourth-order valence-corrected chi connectivity index (χ4v) is 3.05. The molecule has 4 rings (SSSR count). The zero-order chi connectivity index (χ0) is 19.0. The number of carbonyl (C=O) groups excluding carboxylic acids is 1. The molecule has 1 heterocycles. The van der Waals surface area contributed by atoms with Gasteiger partial charge in [-0.25, -0.2) is 0 Å². The summed E-state index contributed by atoms with van der Waals surface area (Å²) in [4.78, 5) is 12.5. The van der Waals surface area contributed by atoms with Crippen molar-refractivity contribution < 1.29 is 9.21 Å². The van der Waals surface area contributed by atoms with Crippen molar-refractivity contribution in [3.8, 4) is 11.5 Å². The Hall–Kier alpha value is -3.47. The first-order chi connectivity index (χ1) is 13.0. The van der Waals surface area contributed by atoms with Gasteiger partial charge in [-0.15, -0.1) is 5.10 Å². The highest BCUT2D eigenvalue weighted by atomic mass is 16.4. The number of aryl methyl sites for hydroxylation is 2. The van der Waals surface area contributed by atoms with Crippen molar-refractivity contribution in [2.45, 2.75) is 20.8 Å². The minimum Gasteiger partial charge on any atom is -0.403 e. The molecule has 1 aromatic heterocycles. The molecule has 4 aromatic rings. The van der Waals surface area contributed by atoms with Gasteiger partial charge in [-0.1, -0.05) is 35.4 Å². The highest BCUT2D eigenvalue weighted by Crippen LogP contribution is 2.25. The Labute approximate surface area is 157 Å². The Bertz CT molecular complexity index is 1140. The van der Waals surface area contributed by atoms with Gasteiger partial charge in [-0.2, -0.15) is 0 Å². The summed E-state index contributed by atoms with van der Waals surface area (Å²) in [5.41, 5.74) is 4.93. The molecule has 0 saturated carbocycles. The molecule has 5 heteroatoms. The molecule has 134 valence electrons. The molecule has 0 atom stereocenters. The van der Waals surface area contributed by atoms with E-state index in [9.17, 15) is 4.79 Å². The lowest BCUT2D eigenvalue weighted by molar-refractivity contribution is 0.102. The monoisotopic (exact) mass is 357 g/mol. The predicted octanol–water partition coefficient (Wildman–Crippen LogP) is 5.07. The Morgan fingerprint density at radius 2 is 1.59 bits per heavy atom. The second-order valence-corrected chi connectivity index (χ2v) is 6.66. The Morgan fingerprint density at radius 3 is 2.33 bits per heavy atom. The van der Waals surface area contributed by atoms with Gasteiger partial charge in [0.25, 0.3) is 5.91 Å². The number of benzene rings is 3. The van der Waals surface area contributed by atoms with Crippen molar-refractivity contribution in [2.75, 3.05) is 5.32 Å². The number of aromatic nitrogens is 2. The van der Waals surface area contributed by atoms with Crippen LogP contribution in [0.25, 0.3) is 22.2 Å². The van der Waals surface area contributed by atoms with E-state index >= 15 is 0 Å². The summed E-state index contributed by atoms with van der Waals surface area (Å²) in [6.45, 7) is 6.17. The van der Waals surface area contributed by atoms with Gasteiger partial charge < -0.3 is 4.42 Å². The van der Waals surface area contributed by atoms with E-state index in [-0.39, 0.29) is 11.9 Å². The second-order valence-electron chi connectivity index (χ2n) is 6.66. The number of anilines is 1. The highest BCUT2D eigenvalue weighted by molar-refractivity contribution is 6.05. The molecule has 0 bridgehead atoms. The van der Waals surface area contributed by atoms with E-state index in [0.717, 1.165) is 27.5 Å². The summed E-state index contributed by atoms with van der Waals surface area (Å²) >= 11 is 0. The number of nitrogens with one attached hydrogen (secondary N) is 1. The Kier molecular flexibility index (Phi) is 4.20. The molecule has 0 aliphatic carbocycles. The third-order valence-corrected chi connectivity index (χ3v) is 4.83. The number of carbonyl (C=O) groups is 1. The summed E-state index contributed by atoms with van der Waals surface area (Å²) in [7, 11) is 0. The van der Waals surface area contributed by atoms with Crippen molar-refractivity contribution in [1.82, 2.24) is 10.2 Å². The molecular formula is C22H19N3O2. The maximum absolute atomic E-state index is 12.5. The van der Waals surface area contributed by atoms with Gasteiger partial charge in [0.2, 0.25) is 5.89 Å². The molecule has 0 fully saturated rings. The maximum atomic E-state index is 12.5. The largest absolute Gasteiger partial charge is 0.403 e. The lowest BCUT2D eigenvalue weighted by atomic mass is 10.0. The molecular weight excluding hydrogens is 338 g/mol. The lowest BCUT2D eigenvalue weighted by Gasteiger charge is -2.06. The summed E-state index contributed by atoms with van der Waals surface area (Å²) in [5, 5.41) is 12.8. The van der Waals surface area contributed by atoms with Crippen LogP contribution in [0.5, 0.6) is 0 Å². The lowest BCUT2D eigenvalue weighted by Crippen LogP contribution is -2.12. The van der Waals surface area contributed by atoms with Gasteiger partial charge in [-0.3, -0.25) is 10.1 Å². The van der Waals surface area contributed by atoms with E-state index in [4.69, 9.17) is 4.42 Å². The van der Waals surface area contributed by atoms with Crippen molar-refractivity contribution >= 4 is 22.7 Å². The average Bonchev–Trinajstić information content (AvgIpc) is 3.13. The molecule has 0 unspecified atom stereocenters. The van der Waals surface area contributed by atoms with Gasteiger partial charge >= 0.3 is 6.01 Å². The summed E-state index contributed by atoms with van der Waals surface area (Å²) in [6.07, 6.45) is 0. The van der Waals surface area contributed by atoms with Crippen molar-refractivity contribution in [3.63, 3.8) is 0 Å². The van der Waals surface area contributed by atoms with Crippen LogP contribution in [0.2, 0.25) is 0 Å². The molecule has 27 heavy (non-hydrogen) atoms. The Balaban J connectivity index is 1.57. The fraction of sp³-hybridized carbons (Fsp3) is 0.136. The minimum absolute atomic E-state index is 0.0824. The zero-order valence-corrected chi connectivity index (χ0v) is 15.4. The zero-order valence-electron chi connectivity index (χ0n) is 15.4. The van der Waals surface area contributed by atoms with E-state index < -0.39 is 0 Å². The van der Waals surface area contributed by atoms with Crippen LogP contribution in [0.3, 0.4) is 0 Å². The topological polar surface area (TPSA) is 68.0 Å².